The number of benzene rings is 1. The third kappa shape index (κ3) is 2.54. The molecule has 1 aromatic carbocycles. The molecule has 4 heteroatoms. The van der Waals surface area contributed by atoms with Crippen molar-refractivity contribution in [1.82, 2.24) is 14.8 Å². The maximum Gasteiger partial charge on any atom is 0.243 e. The molecule has 1 aliphatic carbocycles. The van der Waals surface area contributed by atoms with Crippen LogP contribution in [0.4, 0.5) is 0 Å². The van der Waals surface area contributed by atoms with Crippen LogP contribution in [0.2, 0.25) is 0 Å². The molecule has 1 saturated carbocycles. The zero-order valence-corrected chi connectivity index (χ0v) is 14.7. The first-order chi connectivity index (χ1) is 12.3. The van der Waals surface area contributed by atoms with Gasteiger partial charge in [0.1, 0.15) is 5.54 Å². The van der Waals surface area contributed by atoms with E-state index in [4.69, 9.17) is 0 Å². The summed E-state index contributed by atoms with van der Waals surface area (Å²) in [4.78, 5) is 22.4. The van der Waals surface area contributed by atoms with Crippen LogP contribution in [0.15, 0.2) is 36.5 Å². The topological polar surface area (TPSA) is 36.4 Å². The first-order valence-corrected chi connectivity index (χ1v) is 9.66. The Hall–Kier alpha value is -1.94. The van der Waals surface area contributed by atoms with E-state index in [1.807, 2.05) is 12.3 Å². The third-order valence-corrected chi connectivity index (χ3v) is 6.30. The zero-order chi connectivity index (χ0) is 16.9. The minimum atomic E-state index is -0.231. The summed E-state index contributed by atoms with van der Waals surface area (Å²) in [6, 6.07) is 11.2. The lowest BCUT2D eigenvalue weighted by Crippen LogP contribution is -2.60. The fourth-order valence-corrected chi connectivity index (χ4v) is 4.89. The molecule has 0 radical (unpaired) electrons. The number of aromatic nitrogens is 1. The molecule has 1 unspecified atom stereocenters. The number of piperidine rings is 1. The van der Waals surface area contributed by atoms with Crippen LogP contribution in [0, 0.1) is 0 Å². The number of hydrogen-bond donors (Lipinski definition) is 0. The van der Waals surface area contributed by atoms with Crippen molar-refractivity contribution in [2.75, 3.05) is 13.1 Å². The molecular weight excluding hydrogens is 310 g/mol. The number of hydrogen-bond acceptors (Lipinski definition) is 3. The van der Waals surface area contributed by atoms with Crippen LogP contribution in [0.5, 0.6) is 0 Å². The van der Waals surface area contributed by atoms with Crippen LogP contribution < -0.4 is 0 Å². The minimum absolute atomic E-state index is 0.231. The van der Waals surface area contributed by atoms with Crippen LogP contribution in [-0.2, 0) is 11.3 Å². The summed E-state index contributed by atoms with van der Waals surface area (Å²) < 4.78 is 0. The number of likely N-dealkylation sites (tertiary alicyclic amines) is 2. The summed E-state index contributed by atoms with van der Waals surface area (Å²) in [5, 5.41) is 1.18. The maximum atomic E-state index is 13.3. The summed E-state index contributed by atoms with van der Waals surface area (Å²) in [7, 11) is 0. The Morgan fingerprint density at radius 3 is 2.80 bits per heavy atom. The van der Waals surface area contributed by atoms with Crippen molar-refractivity contribution in [2.24, 2.45) is 0 Å². The van der Waals surface area contributed by atoms with Gasteiger partial charge in [0, 0.05) is 30.7 Å². The predicted molar refractivity (Wildman–Crippen MR) is 98.1 cm³/mol. The molecule has 2 aliphatic heterocycles. The third-order valence-electron chi connectivity index (χ3n) is 6.30. The number of pyridine rings is 1. The summed E-state index contributed by atoms with van der Waals surface area (Å²) in [6.45, 7) is 2.88. The van der Waals surface area contributed by atoms with Gasteiger partial charge in [-0.15, -0.1) is 0 Å². The van der Waals surface area contributed by atoms with Gasteiger partial charge in [-0.1, -0.05) is 12.1 Å². The number of nitrogens with zero attached hydrogens (tertiary/aromatic N) is 3. The smallest absolute Gasteiger partial charge is 0.243 e. The lowest BCUT2D eigenvalue weighted by molar-refractivity contribution is -0.148. The quantitative estimate of drug-likeness (QED) is 0.863. The van der Waals surface area contributed by atoms with Gasteiger partial charge in [-0.05, 0) is 68.8 Å². The lowest BCUT2D eigenvalue weighted by atomic mass is 9.85. The number of carbonyl (C=O) groups is 1. The first kappa shape index (κ1) is 15.3. The highest BCUT2D eigenvalue weighted by Crippen LogP contribution is 2.42. The molecule has 3 heterocycles. The zero-order valence-electron chi connectivity index (χ0n) is 14.7. The number of amides is 1. The fourth-order valence-electron chi connectivity index (χ4n) is 4.89. The van der Waals surface area contributed by atoms with Gasteiger partial charge in [0.15, 0.2) is 0 Å². The van der Waals surface area contributed by atoms with Gasteiger partial charge in [0.2, 0.25) is 5.91 Å². The molecule has 0 bridgehead atoms. The van der Waals surface area contributed by atoms with Crippen LogP contribution >= 0.6 is 0 Å². The molecule has 2 saturated heterocycles. The van der Waals surface area contributed by atoms with Gasteiger partial charge >= 0.3 is 0 Å². The second-order valence-electron chi connectivity index (χ2n) is 7.92. The fraction of sp³-hybridized carbons (Fsp3) is 0.524. The standard InChI is InChI=1S/C21H25N3O/c25-20-21(10-3-13-24(20)18-6-7-18)9-2-12-23(21)15-16-5-8-19-17(14-16)4-1-11-22-19/h1,4-5,8,11,14,18H,2-3,6-7,9-10,12-13,15H2. The van der Waals surface area contributed by atoms with Gasteiger partial charge < -0.3 is 4.90 Å². The molecule has 3 fully saturated rings. The van der Waals surface area contributed by atoms with Crippen molar-refractivity contribution in [1.29, 1.82) is 0 Å². The average molecular weight is 335 g/mol. The number of carbonyl (C=O) groups excluding carboxylic acids is 1. The Morgan fingerprint density at radius 1 is 1.12 bits per heavy atom. The molecule has 3 aliphatic rings. The van der Waals surface area contributed by atoms with Crippen LogP contribution in [0.25, 0.3) is 10.9 Å². The summed E-state index contributed by atoms with van der Waals surface area (Å²) in [6.07, 6.45) is 8.61. The molecule has 1 atom stereocenters. The van der Waals surface area contributed by atoms with Crippen molar-refractivity contribution < 1.29 is 4.79 Å². The van der Waals surface area contributed by atoms with Gasteiger partial charge in [0.05, 0.1) is 5.52 Å². The molecule has 1 aromatic heterocycles. The van der Waals surface area contributed by atoms with Crippen LogP contribution in [-0.4, -0.2) is 45.4 Å². The first-order valence-electron chi connectivity index (χ1n) is 9.66. The largest absolute Gasteiger partial charge is 0.338 e. The Balaban J connectivity index is 1.42. The second-order valence-corrected chi connectivity index (χ2v) is 7.92. The number of fused-ring (bicyclic) bond motifs is 1. The summed E-state index contributed by atoms with van der Waals surface area (Å²) in [5.74, 6) is 0.418. The normalized spacial score (nSPS) is 27.5. The molecule has 25 heavy (non-hydrogen) atoms. The molecule has 1 spiro atoms. The molecule has 0 N–H and O–H groups in total. The summed E-state index contributed by atoms with van der Waals surface area (Å²) >= 11 is 0. The Labute approximate surface area is 148 Å². The molecule has 4 nitrogen and oxygen atoms in total. The average Bonchev–Trinajstić information content (AvgIpc) is 3.41. The molecule has 2 aromatic rings. The molecule has 5 rings (SSSR count). The van der Waals surface area contributed by atoms with Gasteiger partial charge in [-0.2, -0.15) is 0 Å². The molecule has 130 valence electrons. The van der Waals surface area contributed by atoms with E-state index in [2.05, 4.69) is 39.0 Å². The Morgan fingerprint density at radius 2 is 1.96 bits per heavy atom. The van der Waals surface area contributed by atoms with Crippen LogP contribution in [0.3, 0.4) is 0 Å². The maximum absolute atomic E-state index is 13.3. The highest BCUT2D eigenvalue weighted by molar-refractivity contribution is 5.88. The van der Waals surface area contributed by atoms with Crippen molar-refractivity contribution in [3.63, 3.8) is 0 Å². The van der Waals surface area contributed by atoms with E-state index < -0.39 is 0 Å². The van der Waals surface area contributed by atoms with Gasteiger partial charge in [-0.25, -0.2) is 0 Å². The number of rotatable bonds is 3. The highest BCUT2D eigenvalue weighted by Gasteiger charge is 2.52. The van der Waals surface area contributed by atoms with Crippen molar-refractivity contribution >= 4 is 16.8 Å². The van der Waals surface area contributed by atoms with E-state index in [9.17, 15) is 4.79 Å². The van der Waals surface area contributed by atoms with Crippen molar-refractivity contribution in [3.05, 3.63) is 42.1 Å². The van der Waals surface area contributed by atoms with E-state index in [0.717, 1.165) is 50.8 Å². The van der Waals surface area contributed by atoms with Gasteiger partial charge in [0.25, 0.3) is 0 Å². The van der Waals surface area contributed by atoms with E-state index in [1.165, 1.54) is 23.8 Å². The van der Waals surface area contributed by atoms with Crippen LogP contribution in [0.1, 0.15) is 44.1 Å². The van der Waals surface area contributed by atoms with Crippen molar-refractivity contribution in [2.45, 2.75) is 56.7 Å². The monoisotopic (exact) mass is 335 g/mol. The van der Waals surface area contributed by atoms with Gasteiger partial charge in [-0.3, -0.25) is 14.7 Å². The van der Waals surface area contributed by atoms with E-state index >= 15 is 0 Å². The SMILES string of the molecule is O=C1N(C2CC2)CCCC12CCCN2Cc1ccc2ncccc2c1. The molecular formula is C21H25N3O. The second kappa shape index (κ2) is 5.80. The van der Waals surface area contributed by atoms with E-state index in [1.54, 1.807) is 0 Å². The lowest BCUT2D eigenvalue weighted by Gasteiger charge is -2.45. The molecule has 1 amide bonds. The Bertz CT molecular complexity index is 816. The van der Waals surface area contributed by atoms with Crippen molar-refractivity contribution in [3.8, 4) is 0 Å². The minimum Gasteiger partial charge on any atom is -0.338 e. The van der Waals surface area contributed by atoms with E-state index in [0.29, 0.717) is 11.9 Å². The predicted octanol–water partition coefficient (Wildman–Crippen LogP) is 3.35. The summed E-state index contributed by atoms with van der Waals surface area (Å²) in [5.41, 5.74) is 2.10. The highest BCUT2D eigenvalue weighted by atomic mass is 16.2. The van der Waals surface area contributed by atoms with E-state index in [-0.39, 0.29) is 5.54 Å². The Kier molecular flexibility index (Phi) is 3.56.